The first kappa shape index (κ1) is 17.3. The highest BCUT2D eigenvalue weighted by molar-refractivity contribution is 9.10. The molecule has 24 heavy (non-hydrogen) atoms. The number of amides is 1. The molecule has 0 bridgehead atoms. The number of hydrogen-bond acceptors (Lipinski definition) is 4. The molecule has 2 aromatic rings. The van der Waals surface area contributed by atoms with Gasteiger partial charge in [0.05, 0.1) is 16.6 Å². The van der Waals surface area contributed by atoms with E-state index in [1.54, 1.807) is 18.0 Å². The number of aromatic nitrogens is 1. The van der Waals surface area contributed by atoms with Crippen LogP contribution in [0.2, 0.25) is 0 Å². The number of thioether (sulfide) groups is 1. The van der Waals surface area contributed by atoms with E-state index in [-0.39, 0.29) is 12.0 Å². The summed E-state index contributed by atoms with van der Waals surface area (Å²) in [5.74, 6) is 1.61. The molecule has 0 aliphatic carbocycles. The first-order chi connectivity index (χ1) is 11.7. The average Bonchev–Trinajstić information content (AvgIpc) is 3.06. The van der Waals surface area contributed by atoms with Gasteiger partial charge >= 0.3 is 0 Å². The zero-order valence-corrected chi connectivity index (χ0v) is 15.8. The molecule has 1 fully saturated rings. The van der Waals surface area contributed by atoms with Crippen molar-refractivity contribution in [3.63, 3.8) is 0 Å². The van der Waals surface area contributed by atoms with E-state index in [2.05, 4.69) is 27.8 Å². The van der Waals surface area contributed by atoms with Crippen molar-refractivity contribution >= 4 is 33.6 Å². The summed E-state index contributed by atoms with van der Waals surface area (Å²) < 4.78 is 6.78. The van der Waals surface area contributed by atoms with Crippen molar-refractivity contribution in [3.8, 4) is 5.88 Å². The third kappa shape index (κ3) is 3.92. The molecule has 1 aliphatic rings. The SMILES string of the molecule is CCSc1ccccc1C(=O)N1CCC(Oc2ncccc2Br)C1. The zero-order chi connectivity index (χ0) is 16.9. The van der Waals surface area contributed by atoms with Gasteiger partial charge in [-0.3, -0.25) is 4.79 Å². The van der Waals surface area contributed by atoms with Crippen LogP contribution in [0, 0.1) is 0 Å². The standard InChI is InChI=1S/C18H19BrN2O2S/c1-2-24-16-8-4-3-6-14(16)18(22)21-11-9-13(12-21)23-17-15(19)7-5-10-20-17/h3-8,10,13H,2,9,11-12H2,1H3. The average molecular weight is 407 g/mol. The lowest BCUT2D eigenvalue weighted by Gasteiger charge is -2.18. The Balaban J connectivity index is 1.67. The maximum atomic E-state index is 12.8. The fraction of sp³-hybridized carbons (Fsp3) is 0.333. The van der Waals surface area contributed by atoms with Gasteiger partial charge in [-0.25, -0.2) is 4.98 Å². The van der Waals surface area contributed by atoms with E-state index in [1.165, 1.54) is 0 Å². The highest BCUT2D eigenvalue weighted by Crippen LogP contribution is 2.27. The number of carbonyl (C=O) groups is 1. The minimum Gasteiger partial charge on any atom is -0.472 e. The van der Waals surface area contributed by atoms with E-state index in [9.17, 15) is 4.79 Å². The van der Waals surface area contributed by atoms with Crippen LogP contribution in [0.4, 0.5) is 0 Å². The summed E-state index contributed by atoms with van der Waals surface area (Å²) in [5.41, 5.74) is 0.781. The third-order valence-electron chi connectivity index (χ3n) is 3.85. The lowest BCUT2D eigenvalue weighted by molar-refractivity contribution is 0.0767. The number of benzene rings is 1. The number of carbonyl (C=O) groups excluding carboxylic acids is 1. The van der Waals surface area contributed by atoms with E-state index in [0.717, 1.165) is 27.1 Å². The Labute approximate surface area is 154 Å². The first-order valence-electron chi connectivity index (χ1n) is 7.97. The van der Waals surface area contributed by atoms with Gasteiger partial charge in [-0.15, -0.1) is 11.8 Å². The quantitative estimate of drug-likeness (QED) is 0.695. The molecule has 1 atom stereocenters. The van der Waals surface area contributed by atoms with Gasteiger partial charge in [0, 0.05) is 24.1 Å². The molecule has 0 N–H and O–H groups in total. The molecule has 0 spiro atoms. The van der Waals surface area contributed by atoms with Crippen LogP contribution in [0.1, 0.15) is 23.7 Å². The Morgan fingerprint density at radius 2 is 2.21 bits per heavy atom. The Morgan fingerprint density at radius 1 is 1.38 bits per heavy atom. The maximum absolute atomic E-state index is 12.8. The van der Waals surface area contributed by atoms with Crippen LogP contribution < -0.4 is 4.74 Å². The summed E-state index contributed by atoms with van der Waals surface area (Å²) in [7, 11) is 0. The van der Waals surface area contributed by atoms with Crippen LogP contribution in [-0.4, -0.2) is 40.7 Å². The van der Waals surface area contributed by atoms with Gasteiger partial charge in [0.25, 0.3) is 5.91 Å². The molecular formula is C18H19BrN2O2S. The monoisotopic (exact) mass is 406 g/mol. The highest BCUT2D eigenvalue weighted by Gasteiger charge is 2.29. The Hall–Kier alpha value is -1.53. The summed E-state index contributed by atoms with van der Waals surface area (Å²) in [6.45, 7) is 3.39. The molecule has 6 heteroatoms. The number of ether oxygens (including phenoxy) is 1. The first-order valence-corrected chi connectivity index (χ1v) is 9.75. The number of halogens is 1. The second-order valence-corrected chi connectivity index (χ2v) is 7.66. The molecule has 0 radical (unpaired) electrons. The molecule has 1 aliphatic heterocycles. The Bertz CT molecular complexity index is 726. The van der Waals surface area contributed by atoms with Gasteiger partial charge in [0.15, 0.2) is 0 Å². The van der Waals surface area contributed by atoms with E-state index in [4.69, 9.17) is 4.74 Å². The molecule has 1 aromatic heterocycles. The smallest absolute Gasteiger partial charge is 0.255 e. The summed E-state index contributed by atoms with van der Waals surface area (Å²) in [6, 6.07) is 11.6. The third-order valence-corrected chi connectivity index (χ3v) is 5.41. The predicted molar refractivity (Wildman–Crippen MR) is 99.7 cm³/mol. The molecule has 1 unspecified atom stereocenters. The Kier molecular flexibility index (Phi) is 5.79. The minimum absolute atomic E-state index is 0.0221. The van der Waals surface area contributed by atoms with Crippen LogP contribution in [0.15, 0.2) is 52.0 Å². The summed E-state index contributed by atoms with van der Waals surface area (Å²) in [5, 5.41) is 0. The molecule has 126 valence electrons. The molecular weight excluding hydrogens is 388 g/mol. The molecule has 1 aromatic carbocycles. The highest BCUT2D eigenvalue weighted by atomic mass is 79.9. The number of hydrogen-bond donors (Lipinski definition) is 0. The van der Waals surface area contributed by atoms with E-state index in [0.29, 0.717) is 19.0 Å². The largest absolute Gasteiger partial charge is 0.472 e. The van der Waals surface area contributed by atoms with Crippen LogP contribution in [-0.2, 0) is 0 Å². The molecule has 3 rings (SSSR count). The van der Waals surface area contributed by atoms with Gasteiger partial charge < -0.3 is 9.64 Å². The lowest BCUT2D eigenvalue weighted by Crippen LogP contribution is -2.31. The lowest BCUT2D eigenvalue weighted by atomic mass is 10.2. The second-order valence-electron chi connectivity index (χ2n) is 5.50. The number of pyridine rings is 1. The predicted octanol–water partition coefficient (Wildman–Crippen LogP) is 4.25. The van der Waals surface area contributed by atoms with Crippen molar-refractivity contribution in [2.24, 2.45) is 0 Å². The molecule has 2 heterocycles. The molecule has 1 amide bonds. The van der Waals surface area contributed by atoms with Crippen molar-refractivity contribution in [2.75, 3.05) is 18.8 Å². The second kappa shape index (κ2) is 8.03. The van der Waals surface area contributed by atoms with Crippen molar-refractivity contribution in [3.05, 3.63) is 52.6 Å². The summed E-state index contributed by atoms with van der Waals surface area (Å²) in [6.07, 6.45) is 2.50. The number of nitrogens with zero attached hydrogens (tertiary/aromatic N) is 2. The van der Waals surface area contributed by atoms with Crippen LogP contribution in [0.5, 0.6) is 5.88 Å². The van der Waals surface area contributed by atoms with Crippen LogP contribution >= 0.6 is 27.7 Å². The number of likely N-dealkylation sites (tertiary alicyclic amines) is 1. The van der Waals surface area contributed by atoms with Gasteiger partial charge in [-0.2, -0.15) is 0 Å². The van der Waals surface area contributed by atoms with Gasteiger partial charge in [0.1, 0.15) is 6.10 Å². The fourth-order valence-electron chi connectivity index (χ4n) is 2.72. The van der Waals surface area contributed by atoms with Crippen molar-refractivity contribution in [1.82, 2.24) is 9.88 Å². The van der Waals surface area contributed by atoms with E-state index in [1.807, 2.05) is 41.3 Å². The number of rotatable bonds is 5. The zero-order valence-electron chi connectivity index (χ0n) is 13.4. The van der Waals surface area contributed by atoms with E-state index < -0.39 is 0 Å². The minimum atomic E-state index is -0.0221. The normalized spacial score (nSPS) is 17.1. The van der Waals surface area contributed by atoms with Crippen LogP contribution in [0.25, 0.3) is 0 Å². The Morgan fingerprint density at radius 3 is 3.00 bits per heavy atom. The van der Waals surface area contributed by atoms with E-state index >= 15 is 0 Å². The van der Waals surface area contributed by atoms with Crippen molar-refractivity contribution in [1.29, 1.82) is 0 Å². The molecule has 4 nitrogen and oxygen atoms in total. The molecule has 1 saturated heterocycles. The fourth-order valence-corrected chi connectivity index (χ4v) is 3.86. The summed E-state index contributed by atoms with van der Waals surface area (Å²) >= 11 is 5.14. The van der Waals surface area contributed by atoms with Crippen LogP contribution in [0.3, 0.4) is 0 Å². The summed E-state index contributed by atoms with van der Waals surface area (Å²) in [4.78, 5) is 20.0. The van der Waals surface area contributed by atoms with Crippen molar-refractivity contribution < 1.29 is 9.53 Å². The van der Waals surface area contributed by atoms with Gasteiger partial charge in [-0.1, -0.05) is 19.1 Å². The maximum Gasteiger partial charge on any atom is 0.255 e. The van der Waals surface area contributed by atoms with Gasteiger partial charge in [0.2, 0.25) is 5.88 Å². The van der Waals surface area contributed by atoms with Crippen molar-refractivity contribution in [2.45, 2.75) is 24.3 Å². The van der Waals surface area contributed by atoms with Gasteiger partial charge in [-0.05, 0) is 45.9 Å². The molecule has 0 saturated carbocycles. The topological polar surface area (TPSA) is 42.4 Å².